The zero-order valence-electron chi connectivity index (χ0n) is 15.4. The topological polar surface area (TPSA) is 63.8 Å². The smallest absolute Gasteiger partial charge is 0.137 e. The van der Waals surface area contributed by atoms with Gasteiger partial charge in [0.15, 0.2) is 0 Å². The molecule has 4 nitrogen and oxygen atoms in total. The van der Waals surface area contributed by atoms with Crippen LogP contribution < -0.4 is 11.1 Å². The van der Waals surface area contributed by atoms with Crippen LogP contribution in [0.1, 0.15) is 42.3 Å². The van der Waals surface area contributed by atoms with Crippen molar-refractivity contribution in [3.8, 4) is 0 Å². The Morgan fingerprint density at radius 3 is 2.42 bits per heavy atom. The number of aromatic nitrogens is 2. The van der Waals surface area contributed by atoms with Gasteiger partial charge in [-0.3, -0.25) is 0 Å². The Bertz CT molecular complexity index is 899. The van der Waals surface area contributed by atoms with E-state index in [9.17, 15) is 0 Å². The van der Waals surface area contributed by atoms with E-state index < -0.39 is 0 Å². The van der Waals surface area contributed by atoms with Gasteiger partial charge in [0.25, 0.3) is 0 Å². The van der Waals surface area contributed by atoms with Crippen LogP contribution in [0.15, 0.2) is 60.9 Å². The summed E-state index contributed by atoms with van der Waals surface area (Å²) in [4.78, 5) is 8.84. The summed E-state index contributed by atoms with van der Waals surface area (Å²) in [6.07, 6.45) is 3.73. The first kappa shape index (κ1) is 17.7. The Labute approximate surface area is 154 Å². The molecule has 0 radical (unpaired) electrons. The summed E-state index contributed by atoms with van der Waals surface area (Å²) in [5.74, 6) is 0.837. The first-order valence-electron chi connectivity index (χ1n) is 8.72. The summed E-state index contributed by atoms with van der Waals surface area (Å²) in [6, 6.07) is 18.4. The molecule has 1 aromatic heterocycles. The average molecular weight is 344 g/mol. The summed E-state index contributed by atoms with van der Waals surface area (Å²) >= 11 is 0. The Morgan fingerprint density at radius 1 is 1.04 bits per heavy atom. The zero-order chi connectivity index (χ0) is 18.5. The van der Waals surface area contributed by atoms with E-state index in [0.717, 1.165) is 33.9 Å². The molecule has 3 N–H and O–H groups in total. The fraction of sp³-hybridized carbons (Fsp3) is 0.182. The standard InChI is InChI=1S/C22H24N4/c1-15(18-9-11-20(23)12-10-18)13-21-17(3)24-14-25-22(21)26-16(2)19-7-5-4-6-8-19/h4-14,16H,23H2,1-3H3,(H,24,25,26)/b15-13+/t16-/m1/s1. The quantitative estimate of drug-likeness (QED) is 0.632. The van der Waals surface area contributed by atoms with Gasteiger partial charge in [-0.05, 0) is 55.7 Å². The molecule has 0 aliphatic carbocycles. The first-order valence-corrected chi connectivity index (χ1v) is 8.72. The second kappa shape index (κ2) is 7.83. The molecular formula is C22H24N4. The molecule has 3 rings (SSSR count). The van der Waals surface area contributed by atoms with Gasteiger partial charge in [-0.15, -0.1) is 0 Å². The highest BCUT2D eigenvalue weighted by molar-refractivity contribution is 5.84. The largest absolute Gasteiger partial charge is 0.399 e. The minimum atomic E-state index is 0.148. The van der Waals surface area contributed by atoms with Crippen LogP contribution in [0.4, 0.5) is 11.5 Å². The van der Waals surface area contributed by atoms with Crippen molar-refractivity contribution in [2.24, 2.45) is 0 Å². The molecule has 0 spiro atoms. The minimum Gasteiger partial charge on any atom is -0.399 e. The molecule has 132 valence electrons. The van der Waals surface area contributed by atoms with Crippen molar-refractivity contribution in [2.75, 3.05) is 11.1 Å². The highest BCUT2D eigenvalue weighted by Gasteiger charge is 2.11. The normalized spacial score (nSPS) is 12.7. The predicted molar refractivity (Wildman–Crippen MR) is 110 cm³/mol. The summed E-state index contributed by atoms with van der Waals surface area (Å²) in [5, 5.41) is 3.52. The van der Waals surface area contributed by atoms with E-state index in [4.69, 9.17) is 5.73 Å². The lowest BCUT2D eigenvalue weighted by atomic mass is 10.0. The summed E-state index contributed by atoms with van der Waals surface area (Å²) < 4.78 is 0. The number of aryl methyl sites for hydroxylation is 1. The maximum atomic E-state index is 5.79. The van der Waals surface area contributed by atoms with E-state index in [0.29, 0.717) is 0 Å². The van der Waals surface area contributed by atoms with Gasteiger partial charge < -0.3 is 11.1 Å². The number of nitrogen functional groups attached to an aromatic ring is 1. The van der Waals surface area contributed by atoms with Crippen LogP contribution in [0.2, 0.25) is 0 Å². The van der Waals surface area contributed by atoms with Gasteiger partial charge in [-0.25, -0.2) is 9.97 Å². The molecular weight excluding hydrogens is 320 g/mol. The number of anilines is 2. The van der Waals surface area contributed by atoms with Gasteiger partial charge >= 0.3 is 0 Å². The molecule has 0 bridgehead atoms. The van der Waals surface area contributed by atoms with Crippen molar-refractivity contribution in [1.29, 1.82) is 0 Å². The third-order valence-corrected chi connectivity index (χ3v) is 4.46. The number of nitrogens with two attached hydrogens (primary N) is 1. The van der Waals surface area contributed by atoms with Crippen molar-refractivity contribution in [1.82, 2.24) is 9.97 Å². The van der Waals surface area contributed by atoms with E-state index in [1.54, 1.807) is 6.33 Å². The predicted octanol–water partition coefficient (Wildman–Crippen LogP) is 5.10. The molecule has 0 aliphatic heterocycles. The van der Waals surface area contributed by atoms with Crippen LogP contribution >= 0.6 is 0 Å². The lowest BCUT2D eigenvalue weighted by Gasteiger charge is -2.17. The maximum Gasteiger partial charge on any atom is 0.137 e. The number of hydrogen-bond donors (Lipinski definition) is 2. The summed E-state index contributed by atoms with van der Waals surface area (Å²) in [7, 11) is 0. The van der Waals surface area contributed by atoms with Crippen LogP contribution in [0.25, 0.3) is 11.6 Å². The molecule has 0 aliphatic rings. The van der Waals surface area contributed by atoms with Gasteiger partial charge in [-0.2, -0.15) is 0 Å². The fourth-order valence-electron chi connectivity index (χ4n) is 2.85. The van der Waals surface area contributed by atoms with E-state index in [-0.39, 0.29) is 6.04 Å². The number of benzene rings is 2. The highest BCUT2D eigenvalue weighted by atomic mass is 15.0. The number of hydrogen-bond acceptors (Lipinski definition) is 4. The molecule has 3 aromatic rings. The van der Waals surface area contributed by atoms with E-state index in [2.05, 4.69) is 47.3 Å². The number of rotatable bonds is 5. The fourth-order valence-corrected chi connectivity index (χ4v) is 2.85. The number of nitrogens with one attached hydrogen (secondary N) is 1. The van der Waals surface area contributed by atoms with Crippen molar-refractivity contribution >= 4 is 23.2 Å². The SMILES string of the molecule is C/C(=C\c1c(C)ncnc1N[C@H](C)c1ccccc1)c1ccc(N)cc1. The molecule has 0 saturated heterocycles. The second-order valence-electron chi connectivity index (χ2n) is 6.45. The molecule has 0 saturated carbocycles. The van der Waals surface area contributed by atoms with Crippen molar-refractivity contribution in [3.63, 3.8) is 0 Å². The monoisotopic (exact) mass is 344 g/mol. The molecule has 4 heteroatoms. The number of nitrogens with zero attached hydrogens (tertiary/aromatic N) is 2. The molecule has 2 aromatic carbocycles. The maximum absolute atomic E-state index is 5.79. The second-order valence-corrected chi connectivity index (χ2v) is 6.45. The van der Waals surface area contributed by atoms with Crippen molar-refractivity contribution < 1.29 is 0 Å². The van der Waals surface area contributed by atoms with Crippen LogP contribution in [-0.2, 0) is 0 Å². The van der Waals surface area contributed by atoms with Gasteiger partial charge in [0.2, 0.25) is 0 Å². The van der Waals surface area contributed by atoms with Crippen LogP contribution in [0.5, 0.6) is 0 Å². The Hall–Kier alpha value is -3.14. The van der Waals surface area contributed by atoms with Crippen molar-refractivity contribution in [2.45, 2.75) is 26.8 Å². The molecule has 0 fully saturated rings. The third kappa shape index (κ3) is 4.09. The van der Waals surface area contributed by atoms with Crippen LogP contribution in [-0.4, -0.2) is 9.97 Å². The van der Waals surface area contributed by atoms with Gasteiger partial charge in [0.1, 0.15) is 12.1 Å². The summed E-state index contributed by atoms with van der Waals surface area (Å²) in [5.41, 5.74) is 12.0. The summed E-state index contributed by atoms with van der Waals surface area (Å²) in [6.45, 7) is 6.22. The van der Waals surface area contributed by atoms with E-state index >= 15 is 0 Å². The minimum absolute atomic E-state index is 0.148. The first-order chi connectivity index (χ1) is 12.5. The van der Waals surface area contributed by atoms with Gasteiger partial charge in [-0.1, -0.05) is 42.5 Å². The van der Waals surface area contributed by atoms with Crippen molar-refractivity contribution in [3.05, 3.63) is 83.3 Å². The lowest BCUT2D eigenvalue weighted by Crippen LogP contribution is -2.10. The van der Waals surface area contributed by atoms with Gasteiger partial charge in [0, 0.05) is 17.3 Å². The molecule has 0 amide bonds. The zero-order valence-corrected chi connectivity index (χ0v) is 15.4. The Kier molecular flexibility index (Phi) is 5.32. The Balaban J connectivity index is 1.92. The third-order valence-electron chi connectivity index (χ3n) is 4.46. The average Bonchev–Trinajstić information content (AvgIpc) is 2.65. The van der Waals surface area contributed by atoms with E-state index in [1.165, 1.54) is 5.56 Å². The van der Waals surface area contributed by atoms with Crippen LogP contribution in [0.3, 0.4) is 0 Å². The molecule has 1 atom stereocenters. The number of allylic oxidation sites excluding steroid dienone is 1. The van der Waals surface area contributed by atoms with E-state index in [1.807, 2.05) is 49.4 Å². The molecule has 0 unspecified atom stereocenters. The molecule has 26 heavy (non-hydrogen) atoms. The Morgan fingerprint density at radius 2 is 1.73 bits per heavy atom. The lowest BCUT2D eigenvalue weighted by molar-refractivity contribution is 0.869. The molecule has 1 heterocycles. The highest BCUT2D eigenvalue weighted by Crippen LogP contribution is 2.26. The van der Waals surface area contributed by atoms with Gasteiger partial charge in [0.05, 0.1) is 5.69 Å². The van der Waals surface area contributed by atoms with Crippen LogP contribution in [0, 0.1) is 6.92 Å².